The lowest BCUT2D eigenvalue weighted by Crippen LogP contribution is -2.39. The van der Waals surface area contributed by atoms with E-state index < -0.39 is 0 Å². The van der Waals surface area contributed by atoms with Crippen molar-refractivity contribution >= 4 is 29.4 Å². The van der Waals surface area contributed by atoms with Crippen LogP contribution in [0.4, 0.5) is 10.5 Å². The predicted octanol–water partition coefficient (Wildman–Crippen LogP) is 3.55. The van der Waals surface area contributed by atoms with Crippen LogP contribution in [0.2, 0.25) is 0 Å². The summed E-state index contributed by atoms with van der Waals surface area (Å²) in [6.45, 7) is 0. The summed E-state index contributed by atoms with van der Waals surface area (Å²) in [5, 5.41) is 5.93. The average molecular weight is 336 g/mol. The van der Waals surface area contributed by atoms with Crippen molar-refractivity contribution in [1.29, 1.82) is 0 Å². The van der Waals surface area contributed by atoms with Crippen LogP contribution in [-0.2, 0) is 15.3 Å². The number of urea groups is 1. The zero-order valence-electron chi connectivity index (χ0n) is 13.5. The molecule has 1 aromatic carbocycles. The van der Waals surface area contributed by atoms with Crippen molar-refractivity contribution < 1.29 is 14.3 Å². The molecule has 1 fully saturated rings. The molecule has 0 radical (unpaired) electrons. The van der Waals surface area contributed by atoms with Gasteiger partial charge in [0.2, 0.25) is 0 Å². The van der Waals surface area contributed by atoms with Crippen LogP contribution in [0.25, 0.3) is 0 Å². The summed E-state index contributed by atoms with van der Waals surface area (Å²) in [5.41, 5.74) is 1.84. The summed E-state index contributed by atoms with van der Waals surface area (Å²) < 4.78 is 4.61. The van der Waals surface area contributed by atoms with Gasteiger partial charge < -0.3 is 15.4 Å². The van der Waals surface area contributed by atoms with Gasteiger partial charge >= 0.3 is 12.0 Å². The molecule has 0 saturated heterocycles. The van der Waals surface area contributed by atoms with Crippen LogP contribution in [0.1, 0.15) is 37.7 Å². The van der Waals surface area contributed by atoms with Crippen molar-refractivity contribution in [2.45, 2.75) is 43.9 Å². The third-order valence-corrected chi connectivity index (χ3v) is 4.82. The first kappa shape index (κ1) is 17.7. The first-order valence-corrected chi connectivity index (χ1v) is 9.14. The number of thioether (sulfide) groups is 1. The Hall–Kier alpha value is -1.69. The predicted molar refractivity (Wildman–Crippen MR) is 93.6 cm³/mol. The second-order valence-electron chi connectivity index (χ2n) is 5.70. The monoisotopic (exact) mass is 336 g/mol. The Morgan fingerprint density at radius 3 is 2.78 bits per heavy atom. The Bertz CT molecular complexity index is 530. The Morgan fingerprint density at radius 2 is 2.04 bits per heavy atom. The second-order valence-corrected chi connectivity index (χ2v) is 6.69. The first-order chi connectivity index (χ1) is 11.2. The zero-order valence-corrected chi connectivity index (χ0v) is 14.3. The van der Waals surface area contributed by atoms with Gasteiger partial charge in [0.05, 0.1) is 12.9 Å². The van der Waals surface area contributed by atoms with Gasteiger partial charge in [0, 0.05) is 17.5 Å². The van der Waals surface area contributed by atoms with Crippen LogP contribution in [0.15, 0.2) is 24.3 Å². The summed E-state index contributed by atoms with van der Waals surface area (Å²) in [6.07, 6.45) is 5.79. The number of hydrogen-bond acceptors (Lipinski definition) is 4. The maximum atomic E-state index is 12.0. The number of benzene rings is 1. The molecule has 0 aliphatic heterocycles. The number of amides is 2. The third kappa shape index (κ3) is 6.52. The molecule has 1 aliphatic carbocycles. The van der Waals surface area contributed by atoms with E-state index in [1.807, 2.05) is 24.3 Å². The van der Waals surface area contributed by atoms with Crippen molar-refractivity contribution in [3.63, 3.8) is 0 Å². The van der Waals surface area contributed by atoms with Crippen LogP contribution in [0.3, 0.4) is 0 Å². The number of carbonyl (C=O) groups is 2. The molecule has 1 saturated carbocycles. The Balaban J connectivity index is 1.79. The number of hydrogen-bond donors (Lipinski definition) is 2. The van der Waals surface area contributed by atoms with Crippen LogP contribution < -0.4 is 10.6 Å². The largest absolute Gasteiger partial charge is 0.468 e. The molecule has 0 aromatic heterocycles. The number of esters is 1. The van der Waals surface area contributed by atoms with Crippen molar-refractivity contribution in [3.8, 4) is 0 Å². The summed E-state index contributed by atoms with van der Waals surface area (Å²) in [7, 11) is 1.39. The van der Waals surface area contributed by atoms with Crippen LogP contribution in [0, 0.1) is 0 Å². The number of carbonyl (C=O) groups excluding carboxylic acids is 2. The minimum Gasteiger partial charge on any atom is -0.468 e. The summed E-state index contributed by atoms with van der Waals surface area (Å²) in [5.74, 6) is 0.807. The first-order valence-electron chi connectivity index (χ1n) is 7.98. The minimum atomic E-state index is -0.226. The number of rotatable bonds is 6. The maximum absolute atomic E-state index is 12.0. The highest BCUT2D eigenvalue weighted by Crippen LogP contribution is 2.19. The normalized spacial score (nSPS) is 15.0. The molecule has 0 spiro atoms. The maximum Gasteiger partial charge on any atom is 0.319 e. The standard InChI is InChI=1S/C17H24N2O3S/c1-22-16(20)12-23-11-13-6-5-9-15(10-13)19-17(21)18-14-7-3-2-4-8-14/h5-6,9-10,14H,2-4,7-8,11-12H2,1H3,(H2,18,19,21). The fourth-order valence-electron chi connectivity index (χ4n) is 2.65. The summed E-state index contributed by atoms with van der Waals surface area (Å²) in [6, 6.07) is 7.84. The Kier molecular flexibility index (Phi) is 7.26. The van der Waals surface area contributed by atoms with Crippen LogP contribution in [-0.4, -0.2) is 30.9 Å². The van der Waals surface area contributed by atoms with Gasteiger partial charge in [-0.15, -0.1) is 11.8 Å². The van der Waals surface area contributed by atoms with E-state index in [1.54, 1.807) is 0 Å². The summed E-state index contributed by atoms with van der Waals surface area (Å²) in [4.78, 5) is 23.1. The molecule has 0 atom stereocenters. The van der Waals surface area contributed by atoms with Gasteiger partial charge in [-0.1, -0.05) is 31.4 Å². The molecule has 2 N–H and O–H groups in total. The smallest absolute Gasteiger partial charge is 0.319 e. The van der Waals surface area contributed by atoms with E-state index in [2.05, 4.69) is 15.4 Å². The lowest BCUT2D eigenvalue weighted by Gasteiger charge is -2.22. The minimum absolute atomic E-state index is 0.142. The molecule has 2 amide bonds. The molecular weight excluding hydrogens is 312 g/mol. The molecule has 0 unspecified atom stereocenters. The highest BCUT2D eigenvalue weighted by molar-refractivity contribution is 7.99. The SMILES string of the molecule is COC(=O)CSCc1cccc(NC(=O)NC2CCCCC2)c1. The molecule has 0 heterocycles. The van der Waals surface area contributed by atoms with Gasteiger partial charge in [0.15, 0.2) is 0 Å². The topological polar surface area (TPSA) is 67.4 Å². The highest BCUT2D eigenvalue weighted by Gasteiger charge is 2.15. The van der Waals surface area contributed by atoms with Gasteiger partial charge in [-0.05, 0) is 30.5 Å². The fourth-order valence-corrected chi connectivity index (χ4v) is 3.45. The Labute approximate surface area is 141 Å². The van der Waals surface area contributed by atoms with Gasteiger partial charge in [0.1, 0.15) is 0 Å². The van der Waals surface area contributed by atoms with Crippen molar-refractivity contribution in [3.05, 3.63) is 29.8 Å². The van der Waals surface area contributed by atoms with E-state index in [0.29, 0.717) is 17.5 Å². The number of anilines is 1. The number of methoxy groups -OCH3 is 1. The van der Waals surface area contributed by atoms with Gasteiger partial charge in [-0.25, -0.2) is 4.79 Å². The number of nitrogens with one attached hydrogen (secondary N) is 2. The lowest BCUT2D eigenvalue weighted by atomic mass is 9.96. The van der Waals surface area contributed by atoms with Gasteiger partial charge in [0.25, 0.3) is 0 Å². The molecule has 23 heavy (non-hydrogen) atoms. The van der Waals surface area contributed by atoms with E-state index in [-0.39, 0.29) is 12.0 Å². The van der Waals surface area contributed by atoms with Gasteiger partial charge in [-0.3, -0.25) is 4.79 Å². The lowest BCUT2D eigenvalue weighted by molar-refractivity contribution is -0.137. The van der Waals surface area contributed by atoms with Crippen LogP contribution in [0.5, 0.6) is 0 Å². The number of ether oxygens (including phenoxy) is 1. The van der Waals surface area contributed by atoms with E-state index in [4.69, 9.17) is 0 Å². The average Bonchev–Trinajstić information content (AvgIpc) is 2.56. The van der Waals surface area contributed by atoms with Crippen LogP contribution >= 0.6 is 11.8 Å². The molecule has 2 rings (SSSR count). The van der Waals surface area contributed by atoms with Crippen molar-refractivity contribution in [2.24, 2.45) is 0 Å². The molecule has 1 aromatic rings. The highest BCUT2D eigenvalue weighted by atomic mass is 32.2. The quantitative estimate of drug-likeness (QED) is 0.780. The second kappa shape index (κ2) is 9.45. The molecule has 0 bridgehead atoms. The fraction of sp³-hybridized carbons (Fsp3) is 0.529. The van der Waals surface area contributed by atoms with Gasteiger partial charge in [-0.2, -0.15) is 0 Å². The molecule has 1 aliphatic rings. The van der Waals surface area contributed by atoms with E-state index in [0.717, 1.165) is 24.1 Å². The molecular formula is C17H24N2O3S. The molecule has 126 valence electrons. The third-order valence-electron chi connectivity index (χ3n) is 3.84. The Morgan fingerprint density at radius 1 is 1.26 bits per heavy atom. The van der Waals surface area contributed by atoms with E-state index >= 15 is 0 Å². The molecule has 6 heteroatoms. The van der Waals surface area contributed by atoms with E-state index in [1.165, 1.54) is 38.1 Å². The zero-order chi connectivity index (χ0) is 16.5. The van der Waals surface area contributed by atoms with E-state index in [9.17, 15) is 9.59 Å². The molecule has 5 nitrogen and oxygen atoms in total. The van der Waals surface area contributed by atoms with Crippen molar-refractivity contribution in [1.82, 2.24) is 5.32 Å². The van der Waals surface area contributed by atoms with Crippen molar-refractivity contribution in [2.75, 3.05) is 18.2 Å². The summed E-state index contributed by atoms with van der Waals surface area (Å²) >= 11 is 1.49.